The Morgan fingerprint density at radius 3 is 2.32 bits per heavy atom. The zero-order valence-corrected chi connectivity index (χ0v) is 17.5. The second-order valence-corrected chi connectivity index (χ2v) is 8.95. The Hall–Kier alpha value is -2.45. The number of para-hydroxylation sites is 1. The summed E-state index contributed by atoms with van der Waals surface area (Å²) in [4.78, 5) is 12.6. The van der Waals surface area contributed by atoms with Crippen molar-refractivity contribution in [2.24, 2.45) is 0 Å². The van der Waals surface area contributed by atoms with Gasteiger partial charge in [-0.05, 0) is 49.6 Å². The van der Waals surface area contributed by atoms with E-state index in [0.717, 1.165) is 31.4 Å². The van der Waals surface area contributed by atoms with Crippen LogP contribution >= 0.6 is 0 Å². The van der Waals surface area contributed by atoms with Crippen molar-refractivity contribution in [1.29, 1.82) is 0 Å². The first kappa shape index (κ1) is 21.8. The van der Waals surface area contributed by atoms with E-state index in [1.54, 1.807) is 0 Å². The number of nitrogens with zero attached hydrogens (tertiary/aromatic N) is 2. The van der Waals surface area contributed by atoms with E-state index in [2.05, 4.69) is 5.32 Å². The van der Waals surface area contributed by atoms with Gasteiger partial charge >= 0.3 is 10.2 Å². The number of carbonyl (C=O) groups is 1. The smallest absolute Gasteiger partial charge is 0.304 e. The quantitative estimate of drug-likeness (QED) is 0.767. The molecule has 0 radical (unpaired) electrons. The third kappa shape index (κ3) is 4.88. The average Bonchev–Trinajstić information content (AvgIpc) is 2.62. The van der Waals surface area contributed by atoms with Gasteiger partial charge < -0.3 is 5.32 Å². The van der Waals surface area contributed by atoms with E-state index in [0.29, 0.717) is 0 Å². The number of hydrogen-bond acceptors (Lipinski definition) is 3. The van der Waals surface area contributed by atoms with Gasteiger partial charge in [0.25, 0.3) is 0 Å². The second kappa shape index (κ2) is 8.70. The van der Waals surface area contributed by atoms with Crippen LogP contribution in [0.5, 0.6) is 0 Å². The fourth-order valence-corrected chi connectivity index (χ4v) is 3.75. The van der Waals surface area contributed by atoms with Gasteiger partial charge in [-0.15, -0.1) is 0 Å². The van der Waals surface area contributed by atoms with E-state index in [9.17, 15) is 17.6 Å². The Morgan fingerprint density at radius 2 is 1.75 bits per heavy atom. The summed E-state index contributed by atoms with van der Waals surface area (Å²) in [6.45, 7) is 5.27. The van der Waals surface area contributed by atoms with Gasteiger partial charge in [0.1, 0.15) is 12.4 Å². The zero-order chi connectivity index (χ0) is 21.1. The van der Waals surface area contributed by atoms with Crippen molar-refractivity contribution in [3.05, 3.63) is 65.0 Å². The van der Waals surface area contributed by atoms with Crippen LogP contribution in [0, 0.1) is 19.7 Å². The van der Waals surface area contributed by atoms with Gasteiger partial charge in [-0.1, -0.05) is 30.3 Å². The number of carbonyl (C=O) groups excluding carboxylic acids is 1. The maximum absolute atomic E-state index is 14.2. The highest BCUT2D eigenvalue weighted by Crippen LogP contribution is 2.23. The second-order valence-electron chi connectivity index (χ2n) is 6.88. The highest BCUT2D eigenvalue weighted by molar-refractivity contribution is 7.90. The number of rotatable bonds is 7. The van der Waals surface area contributed by atoms with Crippen LogP contribution in [0.2, 0.25) is 0 Å². The van der Waals surface area contributed by atoms with E-state index in [1.807, 2.05) is 39.0 Å². The summed E-state index contributed by atoms with van der Waals surface area (Å²) in [5.41, 5.74) is 2.97. The predicted molar refractivity (Wildman–Crippen MR) is 109 cm³/mol. The SMILES string of the molecule is Cc1ccc([C@@H](C)NC(=O)CN(c2ccccc2F)S(=O)(=O)N(C)C)cc1C. The van der Waals surface area contributed by atoms with Crippen LogP contribution in [-0.2, 0) is 15.0 Å². The summed E-state index contributed by atoms with van der Waals surface area (Å²) in [6, 6.07) is 11.0. The molecule has 0 fully saturated rings. The number of hydrogen-bond donors (Lipinski definition) is 1. The highest BCUT2D eigenvalue weighted by atomic mass is 32.2. The van der Waals surface area contributed by atoms with Crippen molar-refractivity contribution in [3.63, 3.8) is 0 Å². The fraction of sp³-hybridized carbons (Fsp3) is 0.350. The number of amides is 1. The van der Waals surface area contributed by atoms with Crippen LogP contribution in [0.1, 0.15) is 29.7 Å². The van der Waals surface area contributed by atoms with Gasteiger partial charge in [0.15, 0.2) is 0 Å². The first-order valence-corrected chi connectivity index (χ1v) is 10.2. The lowest BCUT2D eigenvalue weighted by Crippen LogP contribution is -2.46. The van der Waals surface area contributed by atoms with Crippen molar-refractivity contribution < 1.29 is 17.6 Å². The van der Waals surface area contributed by atoms with Crippen LogP contribution in [-0.4, -0.2) is 39.3 Å². The molecule has 152 valence electrons. The minimum atomic E-state index is -4.06. The molecule has 1 N–H and O–H groups in total. The number of nitrogens with one attached hydrogen (secondary N) is 1. The molecule has 1 amide bonds. The molecule has 0 saturated heterocycles. The van der Waals surface area contributed by atoms with Gasteiger partial charge in [0.2, 0.25) is 5.91 Å². The first-order chi connectivity index (χ1) is 13.0. The Kier molecular flexibility index (Phi) is 6.79. The molecule has 0 aliphatic rings. The lowest BCUT2D eigenvalue weighted by Gasteiger charge is -2.27. The van der Waals surface area contributed by atoms with Gasteiger partial charge in [-0.25, -0.2) is 8.70 Å². The normalized spacial score (nSPS) is 12.7. The monoisotopic (exact) mass is 407 g/mol. The maximum Gasteiger partial charge on any atom is 0.304 e. The third-order valence-corrected chi connectivity index (χ3v) is 6.36. The molecule has 0 bridgehead atoms. The summed E-state index contributed by atoms with van der Waals surface area (Å²) in [6.07, 6.45) is 0. The van der Waals surface area contributed by atoms with Gasteiger partial charge in [0, 0.05) is 14.1 Å². The summed E-state index contributed by atoms with van der Waals surface area (Å²) >= 11 is 0. The molecule has 2 aromatic carbocycles. The van der Waals surface area contributed by atoms with Crippen molar-refractivity contribution in [3.8, 4) is 0 Å². The molecular formula is C20H26FN3O3S. The van der Waals surface area contributed by atoms with Crippen LogP contribution < -0.4 is 9.62 Å². The molecule has 0 aromatic heterocycles. The molecule has 0 unspecified atom stereocenters. The van der Waals surface area contributed by atoms with E-state index in [4.69, 9.17) is 0 Å². The molecule has 2 rings (SSSR count). The van der Waals surface area contributed by atoms with Crippen LogP contribution in [0.15, 0.2) is 42.5 Å². The minimum absolute atomic E-state index is 0.176. The molecule has 1 atom stereocenters. The summed E-state index contributed by atoms with van der Waals surface area (Å²) in [5, 5.41) is 2.79. The van der Waals surface area contributed by atoms with Gasteiger partial charge in [-0.3, -0.25) is 4.79 Å². The topological polar surface area (TPSA) is 69.7 Å². The number of aryl methyl sites for hydroxylation is 2. The number of halogens is 1. The van der Waals surface area contributed by atoms with Crippen molar-refractivity contribution in [2.75, 3.05) is 24.9 Å². The molecule has 0 aliphatic carbocycles. The predicted octanol–water partition coefficient (Wildman–Crippen LogP) is 2.93. The Balaban J connectivity index is 2.25. The summed E-state index contributed by atoms with van der Waals surface area (Å²) < 4.78 is 41.3. The van der Waals surface area contributed by atoms with Crippen molar-refractivity contribution in [2.45, 2.75) is 26.8 Å². The van der Waals surface area contributed by atoms with E-state index < -0.39 is 28.5 Å². The molecule has 8 heteroatoms. The average molecular weight is 408 g/mol. The summed E-state index contributed by atoms with van der Waals surface area (Å²) in [5.74, 6) is -1.25. The van der Waals surface area contributed by atoms with Gasteiger partial charge in [0.05, 0.1) is 11.7 Å². The molecule has 0 heterocycles. The molecule has 0 aliphatic heterocycles. The molecule has 28 heavy (non-hydrogen) atoms. The molecule has 0 saturated carbocycles. The van der Waals surface area contributed by atoms with Crippen LogP contribution in [0.3, 0.4) is 0 Å². The van der Waals surface area contributed by atoms with Crippen molar-refractivity contribution in [1.82, 2.24) is 9.62 Å². The third-order valence-electron chi connectivity index (χ3n) is 4.56. The molecular weight excluding hydrogens is 381 g/mol. The Labute approximate surface area is 166 Å². The fourth-order valence-electron chi connectivity index (χ4n) is 2.68. The lowest BCUT2D eigenvalue weighted by atomic mass is 10.0. The van der Waals surface area contributed by atoms with Crippen LogP contribution in [0.4, 0.5) is 10.1 Å². The van der Waals surface area contributed by atoms with E-state index >= 15 is 0 Å². The maximum atomic E-state index is 14.2. The largest absolute Gasteiger partial charge is 0.348 e. The number of anilines is 1. The van der Waals surface area contributed by atoms with Gasteiger partial charge in [-0.2, -0.15) is 12.7 Å². The molecule has 6 nitrogen and oxygen atoms in total. The Bertz CT molecular complexity index is 961. The minimum Gasteiger partial charge on any atom is -0.348 e. The Morgan fingerprint density at radius 1 is 1.11 bits per heavy atom. The number of benzene rings is 2. The zero-order valence-electron chi connectivity index (χ0n) is 16.7. The lowest BCUT2D eigenvalue weighted by molar-refractivity contribution is -0.120. The first-order valence-electron chi connectivity index (χ1n) is 8.85. The highest BCUT2D eigenvalue weighted by Gasteiger charge is 2.29. The van der Waals surface area contributed by atoms with E-state index in [-0.39, 0.29) is 11.7 Å². The van der Waals surface area contributed by atoms with Crippen molar-refractivity contribution >= 4 is 21.8 Å². The van der Waals surface area contributed by atoms with Crippen LogP contribution in [0.25, 0.3) is 0 Å². The standard InChI is InChI=1S/C20H26FN3O3S/c1-14-10-11-17(12-15(14)2)16(3)22-20(25)13-24(28(26,27)23(4)5)19-9-7-6-8-18(19)21/h6-12,16H,13H2,1-5H3,(H,22,25)/t16-/m1/s1. The molecule has 0 spiro atoms. The summed E-state index contributed by atoms with van der Waals surface area (Å²) in [7, 11) is -1.39. The van der Waals surface area contributed by atoms with E-state index in [1.165, 1.54) is 32.3 Å². The molecule has 2 aromatic rings.